The summed E-state index contributed by atoms with van der Waals surface area (Å²) in [6.45, 7) is -0.676. The van der Waals surface area contributed by atoms with Crippen molar-refractivity contribution in [2.75, 3.05) is 0 Å². The molecule has 4 heteroatoms. The zero-order chi connectivity index (χ0) is 10.7. The number of aromatic nitrogens is 1. The van der Waals surface area contributed by atoms with Gasteiger partial charge in [-0.2, -0.15) is 5.26 Å². The summed E-state index contributed by atoms with van der Waals surface area (Å²) in [5.74, 6) is 0.520. The average molecular weight is 202 g/mol. The number of nitrogens with zero attached hydrogens (tertiary/aromatic N) is 2. The van der Waals surface area contributed by atoms with Crippen molar-refractivity contribution >= 4 is 0 Å². The zero-order valence-corrected chi connectivity index (χ0v) is 7.77. The van der Waals surface area contributed by atoms with Crippen molar-refractivity contribution < 1.29 is 8.81 Å². The van der Waals surface area contributed by atoms with Crippen molar-refractivity contribution in [2.45, 2.75) is 6.67 Å². The smallest absolute Gasteiger partial charge is 0.226 e. The fourth-order valence-electron chi connectivity index (χ4n) is 1.22. The molecular weight excluding hydrogens is 195 g/mol. The number of halogens is 1. The van der Waals surface area contributed by atoms with Gasteiger partial charge in [-0.3, -0.25) is 0 Å². The van der Waals surface area contributed by atoms with Gasteiger partial charge in [0.2, 0.25) is 5.89 Å². The highest BCUT2D eigenvalue weighted by Gasteiger charge is 2.06. The van der Waals surface area contributed by atoms with Gasteiger partial charge in [-0.15, -0.1) is 0 Å². The van der Waals surface area contributed by atoms with E-state index in [0.29, 0.717) is 17.0 Å². The average Bonchev–Trinajstić information content (AvgIpc) is 2.78. The van der Waals surface area contributed by atoms with Crippen LogP contribution in [0, 0.1) is 11.3 Å². The van der Waals surface area contributed by atoms with Crippen LogP contribution in [-0.2, 0) is 6.67 Å². The lowest BCUT2D eigenvalue weighted by molar-refractivity contribution is 0.397. The molecule has 1 aromatic heterocycles. The molecule has 1 aromatic carbocycles. The second-order valence-corrected chi connectivity index (χ2v) is 2.96. The number of rotatable bonds is 2. The lowest BCUT2D eigenvalue weighted by Gasteiger charge is -1.95. The molecule has 0 atom stereocenters. The van der Waals surface area contributed by atoms with Gasteiger partial charge in [0, 0.05) is 5.56 Å². The summed E-state index contributed by atoms with van der Waals surface area (Å²) < 4.78 is 17.3. The van der Waals surface area contributed by atoms with Crippen LogP contribution in [0.5, 0.6) is 0 Å². The van der Waals surface area contributed by atoms with Crippen molar-refractivity contribution in [3.8, 4) is 17.5 Å². The number of oxazole rings is 1. The van der Waals surface area contributed by atoms with Crippen LogP contribution < -0.4 is 0 Å². The van der Waals surface area contributed by atoms with Gasteiger partial charge in [-0.25, -0.2) is 9.37 Å². The minimum absolute atomic E-state index is 0.187. The predicted molar refractivity (Wildman–Crippen MR) is 51.5 cm³/mol. The van der Waals surface area contributed by atoms with E-state index in [1.165, 1.54) is 6.20 Å². The largest absolute Gasteiger partial charge is 0.438 e. The third-order valence-electron chi connectivity index (χ3n) is 1.92. The van der Waals surface area contributed by atoms with Gasteiger partial charge in [-0.1, -0.05) is 6.07 Å². The molecule has 3 nitrogen and oxygen atoms in total. The van der Waals surface area contributed by atoms with Crippen LogP contribution >= 0.6 is 0 Å². The van der Waals surface area contributed by atoms with Crippen molar-refractivity contribution in [1.29, 1.82) is 5.26 Å². The normalized spacial score (nSPS) is 9.87. The van der Waals surface area contributed by atoms with Crippen molar-refractivity contribution in [3.05, 3.63) is 41.8 Å². The third-order valence-corrected chi connectivity index (χ3v) is 1.92. The Labute approximate surface area is 85.8 Å². The van der Waals surface area contributed by atoms with Crippen molar-refractivity contribution in [1.82, 2.24) is 4.98 Å². The maximum absolute atomic E-state index is 12.2. The van der Waals surface area contributed by atoms with E-state index < -0.39 is 6.67 Å². The van der Waals surface area contributed by atoms with Crippen molar-refractivity contribution in [3.63, 3.8) is 0 Å². The van der Waals surface area contributed by atoms with Crippen molar-refractivity contribution in [2.24, 2.45) is 0 Å². The fraction of sp³-hybridized carbons (Fsp3) is 0.0909. The quantitative estimate of drug-likeness (QED) is 0.752. The summed E-state index contributed by atoms with van der Waals surface area (Å²) in [6, 6.07) is 8.83. The van der Waals surface area contributed by atoms with E-state index in [9.17, 15) is 4.39 Å². The van der Waals surface area contributed by atoms with Gasteiger partial charge in [0.25, 0.3) is 0 Å². The van der Waals surface area contributed by atoms with E-state index in [2.05, 4.69) is 4.98 Å². The Morgan fingerprint density at radius 3 is 3.00 bits per heavy atom. The molecule has 0 aliphatic heterocycles. The number of hydrogen-bond donors (Lipinski definition) is 0. The van der Waals surface area contributed by atoms with E-state index in [-0.39, 0.29) is 5.76 Å². The summed E-state index contributed by atoms with van der Waals surface area (Å²) >= 11 is 0. The van der Waals surface area contributed by atoms with E-state index in [4.69, 9.17) is 9.68 Å². The topological polar surface area (TPSA) is 49.8 Å². The lowest BCUT2D eigenvalue weighted by Crippen LogP contribution is -1.79. The Morgan fingerprint density at radius 2 is 2.33 bits per heavy atom. The Morgan fingerprint density at radius 1 is 1.47 bits per heavy atom. The second-order valence-electron chi connectivity index (χ2n) is 2.96. The maximum atomic E-state index is 12.2. The van der Waals surface area contributed by atoms with Crippen LogP contribution in [0.25, 0.3) is 11.5 Å². The maximum Gasteiger partial charge on any atom is 0.226 e. The first kappa shape index (κ1) is 9.41. The molecule has 0 unspecified atom stereocenters. The van der Waals surface area contributed by atoms with E-state index in [0.717, 1.165) is 0 Å². The number of benzene rings is 1. The molecule has 74 valence electrons. The van der Waals surface area contributed by atoms with E-state index in [1.54, 1.807) is 24.3 Å². The highest BCUT2D eigenvalue weighted by atomic mass is 19.1. The Kier molecular flexibility index (Phi) is 2.46. The highest BCUT2D eigenvalue weighted by Crippen LogP contribution is 2.20. The first-order valence-electron chi connectivity index (χ1n) is 4.34. The zero-order valence-electron chi connectivity index (χ0n) is 7.77. The molecule has 0 spiro atoms. The Bertz CT molecular complexity index is 513. The number of alkyl halides is 1. The van der Waals surface area contributed by atoms with Crippen LogP contribution in [-0.4, -0.2) is 4.98 Å². The summed E-state index contributed by atoms with van der Waals surface area (Å²) in [5.41, 5.74) is 1.20. The molecule has 0 N–H and O–H groups in total. The summed E-state index contributed by atoms with van der Waals surface area (Å²) in [7, 11) is 0. The lowest BCUT2D eigenvalue weighted by atomic mass is 10.1. The molecule has 0 fully saturated rings. The van der Waals surface area contributed by atoms with E-state index >= 15 is 0 Å². The third kappa shape index (κ3) is 1.86. The molecule has 2 aromatic rings. The van der Waals surface area contributed by atoms with Crippen LogP contribution in [0.15, 0.2) is 34.9 Å². The Balaban J connectivity index is 2.41. The van der Waals surface area contributed by atoms with E-state index in [1.807, 2.05) is 6.07 Å². The number of nitriles is 1. The molecule has 0 radical (unpaired) electrons. The Hall–Kier alpha value is -2.15. The first-order valence-corrected chi connectivity index (χ1v) is 4.34. The van der Waals surface area contributed by atoms with Crippen LogP contribution in [0.2, 0.25) is 0 Å². The number of hydrogen-bond acceptors (Lipinski definition) is 3. The molecule has 0 bridgehead atoms. The summed E-state index contributed by atoms with van der Waals surface area (Å²) in [6.07, 6.45) is 1.34. The summed E-state index contributed by atoms with van der Waals surface area (Å²) in [5, 5.41) is 8.70. The van der Waals surface area contributed by atoms with Crippen LogP contribution in [0.3, 0.4) is 0 Å². The molecule has 0 aliphatic rings. The minimum atomic E-state index is -0.676. The standard InChI is InChI=1S/C11H7FN2O/c12-5-10-7-14-11(15-10)9-3-1-2-8(4-9)6-13/h1-4,7H,5H2. The monoisotopic (exact) mass is 202 g/mol. The molecule has 0 aliphatic carbocycles. The molecular formula is C11H7FN2O. The molecule has 1 heterocycles. The fourth-order valence-corrected chi connectivity index (χ4v) is 1.22. The minimum Gasteiger partial charge on any atom is -0.438 e. The van der Waals surface area contributed by atoms with Crippen LogP contribution in [0.4, 0.5) is 4.39 Å². The van der Waals surface area contributed by atoms with Gasteiger partial charge in [0.15, 0.2) is 5.76 Å². The second kappa shape index (κ2) is 3.93. The molecule has 0 amide bonds. The van der Waals surface area contributed by atoms with Gasteiger partial charge in [-0.05, 0) is 18.2 Å². The van der Waals surface area contributed by atoms with Gasteiger partial charge >= 0.3 is 0 Å². The molecule has 0 saturated carbocycles. The molecule has 0 saturated heterocycles. The van der Waals surface area contributed by atoms with Gasteiger partial charge in [0.05, 0.1) is 17.8 Å². The van der Waals surface area contributed by atoms with Crippen LogP contribution in [0.1, 0.15) is 11.3 Å². The van der Waals surface area contributed by atoms with Gasteiger partial charge < -0.3 is 4.42 Å². The van der Waals surface area contributed by atoms with Gasteiger partial charge in [0.1, 0.15) is 6.67 Å². The summed E-state index contributed by atoms with van der Waals surface area (Å²) in [4.78, 5) is 3.92. The predicted octanol–water partition coefficient (Wildman–Crippen LogP) is 2.68. The SMILES string of the molecule is N#Cc1cccc(-c2ncc(CF)o2)c1. The molecule has 2 rings (SSSR count). The molecule has 15 heavy (non-hydrogen) atoms. The first-order chi connectivity index (χ1) is 7.33. The highest BCUT2D eigenvalue weighted by molar-refractivity contribution is 5.56.